The molecule has 1 aliphatic rings. The van der Waals surface area contributed by atoms with E-state index >= 15 is 0 Å². The van der Waals surface area contributed by atoms with Crippen molar-refractivity contribution in [1.29, 1.82) is 0 Å². The molecule has 0 atom stereocenters. The van der Waals surface area contributed by atoms with Crippen molar-refractivity contribution in [2.75, 3.05) is 7.11 Å². The molecule has 1 aromatic heterocycles. The molecule has 0 aliphatic heterocycles. The lowest BCUT2D eigenvalue weighted by Gasteiger charge is -2.01. The minimum atomic E-state index is 0.0727. The number of aromatic amines is 1. The van der Waals surface area contributed by atoms with E-state index in [0.29, 0.717) is 6.42 Å². The van der Waals surface area contributed by atoms with E-state index in [1.54, 1.807) is 7.11 Å². The van der Waals surface area contributed by atoms with Crippen LogP contribution in [0.4, 0.5) is 0 Å². The summed E-state index contributed by atoms with van der Waals surface area (Å²) in [5.41, 5.74) is 5.27. The number of hydrogen-bond acceptors (Lipinski definition) is 3. The molecule has 4 heteroatoms. The van der Waals surface area contributed by atoms with Crippen LogP contribution < -0.4 is 4.74 Å². The van der Waals surface area contributed by atoms with Gasteiger partial charge in [-0.3, -0.25) is 9.89 Å². The molecule has 0 saturated carbocycles. The van der Waals surface area contributed by atoms with Crippen LogP contribution in [0.5, 0.6) is 5.75 Å². The molecule has 0 radical (unpaired) electrons. The molecule has 0 bridgehead atoms. The Labute approximate surface area is 139 Å². The van der Waals surface area contributed by atoms with Crippen molar-refractivity contribution in [2.24, 2.45) is 0 Å². The summed E-state index contributed by atoms with van der Waals surface area (Å²) in [6.07, 6.45) is 2.50. The van der Waals surface area contributed by atoms with E-state index in [4.69, 9.17) is 4.74 Å². The van der Waals surface area contributed by atoms with E-state index < -0.39 is 0 Å². The van der Waals surface area contributed by atoms with Crippen LogP contribution >= 0.6 is 0 Å². The first-order valence-corrected chi connectivity index (χ1v) is 7.77. The maximum absolute atomic E-state index is 12.5. The van der Waals surface area contributed by atoms with E-state index in [0.717, 1.165) is 39.4 Å². The highest BCUT2D eigenvalue weighted by atomic mass is 16.5. The number of methoxy groups -OCH3 is 1. The number of nitrogens with one attached hydrogen (secondary N) is 1. The number of ether oxygens (including phenoxy) is 1. The Kier molecular flexibility index (Phi) is 3.50. The smallest absolute Gasteiger partial charge is 0.189 e. The predicted octanol–water partition coefficient (Wildman–Crippen LogP) is 3.91. The minimum absolute atomic E-state index is 0.0727. The number of rotatable bonds is 3. The molecule has 1 heterocycles. The minimum Gasteiger partial charge on any atom is -0.497 e. The van der Waals surface area contributed by atoms with Crippen molar-refractivity contribution in [3.8, 4) is 17.0 Å². The van der Waals surface area contributed by atoms with Gasteiger partial charge in [0.05, 0.1) is 18.5 Å². The van der Waals surface area contributed by atoms with E-state index in [9.17, 15) is 4.79 Å². The highest BCUT2D eigenvalue weighted by Crippen LogP contribution is 2.30. The summed E-state index contributed by atoms with van der Waals surface area (Å²) >= 11 is 0. The molecule has 1 N–H and O–H groups in total. The summed E-state index contributed by atoms with van der Waals surface area (Å²) in [5.74, 6) is 0.846. The van der Waals surface area contributed by atoms with Gasteiger partial charge in [-0.1, -0.05) is 30.3 Å². The molecule has 3 aromatic rings. The largest absolute Gasteiger partial charge is 0.497 e. The molecule has 2 aromatic carbocycles. The predicted molar refractivity (Wildman–Crippen MR) is 93.0 cm³/mol. The first-order valence-electron chi connectivity index (χ1n) is 7.77. The van der Waals surface area contributed by atoms with Crippen molar-refractivity contribution < 1.29 is 9.53 Å². The fraction of sp³-hybridized carbons (Fsp3) is 0.100. The average Bonchev–Trinajstić information content (AvgIpc) is 3.21. The maximum atomic E-state index is 12.5. The average molecular weight is 316 g/mol. The zero-order chi connectivity index (χ0) is 16.5. The summed E-state index contributed by atoms with van der Waals surface area (Å²) in [6.45, 7) is 0. The molecule has 24 heavy (non-hydrogen) atoms. The molecule has 118 valence electrons. The fourth-order valence-electron chi connectivity index (χ4n) is 2.99. The van der Waals surface area contributed by atoms with Gasteiger partial charge in [0.25, 0.3) is 0 Å². The number of carbonyl (C=O) groups is 1. The van der Waals surface area contributed by atoms with E-state index in [1.165, 1.54) is 0 Å². The normalized spacial score (nSPS) is 14.9. The van der Waals surface area contributed by atoms with Crippen LogP contribution in [0.1, 0.15) is 21.6 Å². The number of hydrogen-bond donors (Lipinski definition) is 1. The number of ketones is 1. The third kappa shape index (κ3) is 2.52. The lowest BCUT2D eigenvalue weighted by molar-refractivity contribution is 0.104. The standard InChI is InChI=1S/C20H16N2O2/c1-24-17-7-8-18-14(11-17)9-15(20(18)23)10-16-12-19(22-21-16)13-5-3-2-4-6-13/h2-8,10-12H,9H2,1H3,(H,21,22). The monoisotopic (exact) mass is 316 g/mol. The topological polar surface area (TPSA) is 55.0 Å². The summed E-state index contributed by atoms with van der Waals surface area (Å²) in [5, 5.41) is 7.33. The Morgan fingerprint density at radius 1 is 1.12 bits per heavy atom. The van der Waals surface area contributed by atoms with Crippen molar-refractivity contribution in [1.82, 2.24) is 10.2 Å². The number of fused-ring (bicyclic) bond motifs is 1. The summed E-state index contributed by atoms with van der Waals surface area (Å²) in [4.78, 5) is 12.5. The van der Waals surface area contributed by atoms with Gasteiger partial charge in [0, 0.05) is 23.1 Å². The summed E-state index contributed by atoms with van der Waals surface area (Å²) in [6, 6.07) is 17.5. The van der Waals surface area contributed by atoms with Crippen LogP contribution in [0.3, 0.4) is 0 Å². The number of aromatic nitrogens is 2. The second-order valence-electron chi connectivity index (χ2n) is 5.77. The number of benzene rings is 2. The molecule has 0 spiro atoms. The third-order valence-electron chi connectivity index (χ3n) is 4.23. The van der Waals surface area contributed by atoms with Crippen LogP contribution in [-0.2, 0) is 6.42 Å². The zero-order valence-electron chi connectivity index (χ0n) is 13.2. The molecule has 4 rings (SSSR count). The second-order valence-corrected chi connectivity index (χ2v) is 5.77. The molecule has 1 aliphatic carbocycles. The summed E-state index contributed by atoms with van der Waals surface area (Å²) < 4.78 is 5.23. The number of carbonyl (C=O) groups excluding carboxylic acids is 1. The van der Waals surface area contributed by atoms with E-state index in [2.05, 4.69) is 10.2 Å². The van der Waals surface area contributed by atoms with Crippen LogP contribution in [0, 0.1) is 0 Å². The van der Waals surface area contributed by atoms with Crippen molar-refractivity contribution in [2.45, 2.75) is 6.42 Å². The summed E-state index contributed by atoms with van der Waals surface area (Å²) in [7, 11) is 1.63. The molecule has 0 saturated heterocycles. The van der Waals surface area contributed by atoms with Gasteiger partial charge in [0.2, 0.25) is 0 Å². The number of H-pyrrole nitrogens is 1. The van der Waals surface area contributed by atoms with Crippen LogP contribution in [0.15, 0.2) is 60.2 Å². The van der Waals surface area contributed by atoms with Crippen molar-refractivity contribution in [3.05, 3.63) is 77.0 Å². The number of Topliss-reactive ketones (excluding diaryl/α,β-unsaturated/α-hetero) is 1. The Hall–Kier alpha value is -3.14. The van der Waals surface area contributed by atoms with Gasteiger partial charge in [-0.05, 0) is 35.9 Å². The van der Waals surface area contributed by atoms with Crippen LogP contribution in [-0.4, -0.2) is 23.1 Å². The molecular formula is C20H16N2O2. The fourth-order valence-corrected chi connectivity index (χ4v) is 2.99. The highest BCUT2D eigenvalue weighted by molar-refractivity contribution is 6.15. The first-order chi connectivity index (χ1) is 11.7. The van der Waals surface area contributed by atoms with Gasteiger partial charge in [-0.15, -0.1) is 0 Å². The van der Waals surface area contributed by atoms with Gasteiger partial charge in [-0.2, -0.15) is 5.10 Å². The molecule has 4 nitrogen and oxygen atoms in total. The number of nitrogens with zero attached hydrogens (tertiary/aromatic N) is 1. The van der Waals surface area contributed by atoms with Gasteiger partial charge in [-0.25, -0.2) is 0 Å². The van der Waals surface area contributed by atoms with Crippen molar-refractivity contribution >= 4 is 11.9 Å². The second kappa shape index (κ2) is 5.81. The van der Waals surface area contributed by atoms with Crippen molar-refractivity contribution in [3.63, 3.8) is 0 Å². The first kappa shape index (κ1) is 14.5. The molecule has 0 amide bonds. The Bertz CT molecular complexity index is 939. The highest BCUT2D eigenvalue weighted by Gasteiger charge is 2.25. The Balaban J connectivity index is 1.63. The third-order valence-corrected chi connectivity index (χ3v) is 4.23. The molecular weight excluding hydrogens is 300 g/mol. The lowest BCUT2D eigenvalue weighted by Crippen LogP contribution is -1.95. The van der Waals surface area contributed by atoms with E-state index in [-0.39, 0.29) is 5.78 Å². The van der Waals surface area contributed by atoms with Crippen LogP contribution in [0.2, 0.25) is 0 Å². The SMILES string of the molecule is COc1ccc2c(c1)CC(=Cc1cc(-c3ccccc3)n[nH]1)C2=O. The van der Waals surface area contributed by atoms with Gasteiger partial charge in [0.15, 0.2) is 5.78 Å². The van der Waals surface area contributed by atoms with Gasteiger partial charge in [0.1, 0.15) is 5.75 Å². The Morgan fingerprint density at radius 2 is 1.96 bits per heavy atom. The Morgan fingerprint density at radius 3 is 2.75 bits per heavy atom. The quantitative estimate of drug-likeness (QED) is 0.745. The van der Waals surface area contributed by atoms with E-state index in [1.807, 2.05) is 60.7 Å². The molecule has 0 unspecified atom stereocenters. The number of allylic oxidation sites excluding steroid dienone is 1. The van der Waals surface area contributed by atoms with Gasteiger partial charge < -0.3 is 4.74 Å². The zero-order valence-corrected chi connectivity index (χ0v) is 13.2. The lowest BCUT2D eigenvalue weighted by atomic mass is 10.1. The molecule has 0 fully saturated rings. The maximum Gasteiger partial charge on any atom is 0.189 e. The van der Waals surface area contributed by atoms with Gasteiger partial charge >= 0.3 is 0 Å². The van der Waals surface area contributed by atoms with Crippen LogP contribution in [0.25, 0.3) is 17.3 Å².